The SMILES string of the molecule is CC(=O)c1c(F)cccc1N1CCC(OCCN2CCCCC2)C1. The normalized spacial score (nSPS) is 22.1. The monoisotopic (exact) mass is 334 g/mol. The third kappa shape index (κ3) is 4.14. The molecule has 4 nitrogen and oxygen atoms in total. The zero-order chi connectivity index (χ0) is 16.9. The molecule has 1 atom stereocenters. The molecule has 2 fully saturated rings. The summed E-state index contributed by atoms with van der Waals surface area (Å²) in [5.41, 5.74) is 0.899. The predicted molar refractivity (Wildman–Crippen MR) is 93.3 cm³/mol. The molecule has 5 heteroatoms. The summed E-state index contributed by atoms with van der Waals surface area (Å²) in [5, 5.41) is 0. The number of rotatable bonds is 6. The number of hydrogen-bond donors (Lipinski definition) is 0. The van der Waals surface area contributed by atoms with Crippen LogP contribution in [0.15, 0.2) is 18.2 Å². The van der Waals surface area contributed by atoms with Crippen LogP contribution in [-0.2, 0) is 4.74 Å². The van der Waals surface area contributed by atoms with Crippen molar-refractivity contribution in [3.05, 3.63) is 29.6 Å². The van der Waals surface area contributed by atoms with Crippen molar-refractivity contribution in [1.82, 2.24) is 4.90 Å². The fourth-order valence-electron chi connectivity index (χ4n) is 3.74. The molecule has 0 saturated carbocycles. The van der Waals surface area contributed by atoms with Gasteiger partial charge in [0.05, 0.1) is 24.0 Å². The minimum atomic E-state index is -0.436. The summed E-state index contributed by atoms with van der Waals surface area (Å²) in [7, 11) is 0. The highest BCUT2D eigenvalue weighted by atomic mass is 19.1. The number of likely N-dealkylation sites (tertiary alicyclic amines) is 1. The van der Waals surface area contributed by atoms with E-state index >= 15 is 0 Å². The van der Waals surface area contributed by atoms with E-state index in [9.17, 15) is 9.18 Å². The zero-order valence-corrected chi connectivity index (χ0v) is 14.5. The Hall–Kier alpha value is -1.46. The van der Waals surface area contributed by atoms with Gasteiger partial charge in [-0.3, -0.25) is 4.79 Å². The standard InChI is InChI=1S/C19H27FN2O2/c1-15(23)19-17(20)6-5-7-18(19)22-11-8-16(14-22)24-13-12-21-9-3-2-4-10-21/h5-7,16H,2-4,8-14H2,1H3. The Morgan fingerprint density at radius 3 is 2.79 bits per heavy atom. The lowest BCUT2D eigenvalue weighted by Crippen LogP contribution is -2.34. The number of ether oxygens (including phenoxy) is 1. The van der Waals surface area contributed by atoms with Crippen LogP contribution >= 0.6 is 0 Å². The van der Waals surface area contributed by atoms with E-state index in [4.69, 9.17) is 4.74 Å². The van der Waals surface area contributed by atoms with E-state index in [1.165, 1.54) is 45.3 Å². The van der Waals surface area contributed by atoms with Crippen LogP contribution < -0.4 is 4.90 Å². The Kier molecular flexibility index (Phi) is 5.85. The van der Waals surface area contributed by atoms with Crippen molar-refractivity contribution in [2.75, 3.05) is 44.2 Å². The minimum Gasteiger partial charge on any atom is -0.375 e. The third-order valence-electron chi connectivity index (χ3n) is 5.04. The van der Waals surface area contributed by atoms with Crippen LogP contribution in [0.1, 0.15) is 43.0 Å². The summed E-state index contributed by atoms with van der Waals surface area (Å²) in [4.78, 5) is 16.3. The van der Waals surface area contributed by atoms with Gasteiger partial charge in [0.25, 0.3) is 0 Å². The van der Waals surface area contributed by atoms with Crippen LogP contribution in [0.5, 0.6) is 0 Å². The van der Waals surface area contributed by atoms with Gasteiger partial charge in [-0.2, -0.15) is 0 Å². The van der Waals surface area contributed by atoms with Gasteiger partial charge in [-0.15, -0.1) is 0 Å². The van der Waals surface area contributed by atoms with Crippen LogP contribution in [0.3, 0.4) is 0 Å². The highest BCUT2D eigenvalue weighted by Crippen LogP contribution is 2.28. The number of carbonyl (C=O) groups is 1. The molecule has 0 bridgehead atoms. The lowest BCUT2D eigenvalue weighted by Gasteiger charge is -2.27. The number of nitrogens with zero attached hydrogens (tertiary/aromatic N) is 2. The maximum Gasteiger partial charge on any atom is 0.164 e. The van der Waals surface area contributed by atoms with E-state index in [0.717, 1.165) is 32.7 Å². The summed E-state index contributed by atoms with van der Waals surface area (Å²) in [6.07, 6.45) is 5.03. The largest absolute Gasteiger partial charge is 0.375 e. The molecule has 0 aliphatic carbocycles. The first-order valence-corrected chi connectivity index (χ1v) is 9.03. The van der Waals surface area contributed by atoms with Crippen molar-refractivity contribution in [2.24, 2.45) is 0 Å². The smallest absolute Gasteiger partial charge is 0.164 e. The van der Waals surface area contributed by atoms with Gasteiger partial charge >= 0.3 is 0 Å². The Morgan fingerprint density at radius 1 is 1.25 bits per heavy atom. The molecule has 2 aliphatic heterocycles. The molecule has 0 radical (unpaired) electrons. The summed E-state index contributed by atoms with van der Waals surface area (Å²) >= 11 is 0. The van der Waals surface area contributed by atoms with Gasteiger partial charge in [0.2, 0.25) is 0 Å². The van der Waals surface area contributed by atoms with Gasteiger partial charge in [-0.05, 0) is 51.4 Å². The fourth-order valence-corrected chi connectivity index (χ4v) is 3.74. The van der Waals surface area contributed by atoms with Crippen LogP contribution in [-0.4, -0.2) is 56.1 Å². The van der Waals surface area contributed by atoms with Gasteiger partial charge in [-0.1, -0.05) is 12.5 Å². The average Bonchev–Trinajstić information content (AvgIpc) is 3.04. The molecule has 3 rings (SSSR count). The summed E-state index contributed by atoms with van der Waals surface area (Å²) in [5.74, 6) is -0.660. The van der Waals surface area contributed by atoms with Crippen molar-refractivity contribution < 1.29 is 13.9 Å². The molecule has 0 aromatic heterocycles. The molecule has 2 saturated heterocycles. The predicted octanol–water partition coefficient (Wildman–Crippen LogP) is 3.11. The van der Waals surface area contributed by atoms with Crippen molar-refractivity contribution in [2.45, 2.75) is 38.7 Å². The molecule has 0 amide bonds. The number of piperidine rings is 1. The Labute approximate surface area is 143 Å². The number of Topliss-reactive ketones (excluding diaryl/α,β-unsaturated/α-hetero) is 1. The maximum atomic E-state index is 14.0. The topological polar surface area (TPSA) is 32.8 Å². The molecule has 132 valence electrons. The van der Waals surface area contributed by atoms with Crippen LogP contribution in [0.2, 0.25) is 0 Å². The third-order valence-corrected chi connectivity index (χ3v) is 5.04. The quantitative estimate of drug-likeness (QED) is 0.749. The highest BCUT2D eigenvalue weighted by Gasteiger charge is 2.27. The van der Waals surface area contributed by atoms with Crippen molar-refractivity contribution in [3.8, 4) is 0 Å². The van der Waals surface area contributed by atoms with Crippen molar-refractivity contribution in [3.63, 3.8) is 0 Å². The van der Waals surface area contributed by atoms with Gasteiger partial charge in [-0.25, -0.2) is 4.39 Å². The van der Waals surface area contributed by atoms with E-state index in [1.54, 1.807) is 6.07 Å². The number of benzene rings is 1. The second-order valence-corrected chi connectivity index (χ2v) is 6.82. The fraction of sp³-hybridized carbons (Fsp3) is 0.632. The van der Waals surface area contributed by atoms with Gasteiger partial charge in [0.15, 0.2) is 5.78 Å². The van der Waals surface area contributed by atoms with E-state index in [1.807, 2.05) is 6.07 Å². The van der Waals surface area contributed by atoms with E-state index in [2.05, 4.69) is 9.80 Å². The molecular weight excluding hydrogens is 307 g/mol. The van der Waals surface area contributed by atoms with E-state index in [0.29, 0.717) is 5.69 Å². The lowest BCUT2D eigenvalue weighted by molar-refractivity contribution is 0.0467. The second kappa shape index (κ2) is 8.08. The molecule has 0 spiro atoms. The van der Waals surface area contributed by atoms with Gasteiger partial charge < -0.3 is 14.5 Å². The lowest BCUT2D eigenvalue weighted by atomic mass is 10.1. The molecule has 0 N–H and O–H groups in total. The van der Waals surface area contributed by atoms with Crippen LogP contribution in [0, 0.1) is 5.82 Å². The summed E-state index contributed by atoms with van der Waals surface area (Å²) in [6.45, 7) is 7.07. The molecule has 1 aromatic rings. The highest BCUT2D eigenvalue weighted by molar-refractivity contribution is 6.00. The first-order valence-electron chi connectivity index (χ1n) is 9.03. The first kappa shape index (κ1) is 17.4. The molecule has 1 unspecified atom stereocenters. The minimum absolute atomic E-state index is 0.165. The second-order valence-electron chi connectivity index (χ2n) is 6.82. The number of hydrogen-bond acceptors (Lipinski definition) is 4. The van der Waals surface area contributed by atoms with Crippen molar-refractivity contribution in [1.29, 1.82) is 0 Å². The number of carbonyl (C=O) groups excluding carboxylic acids is 1. The van der Waals surface area contributed by atoms with Gasteiger partial charge in [0, 0.05) is 19.6 Å². The van der Waals surface area contributed by atoms with Crippen molar-refractivity contribution >= 4 is 11.5 Å². The number of anilines is 1. The van der Waals surface area contributed by atoms with Gasteiger partial charge in [0.1, 0.15) is 5.82 Å². The maximum absolute atomic E-state index is 14.0. The molecular formula is C19H27FN2O2. The Bertz CT molecular complexity index is 572. The number of ketones is 1. The first-order chi connectivity index (χ1) is 11.6. The Balaban J connectivity index is 1.52. The Morgan fingerprint density at radius 2 is 2.04 bits per heavy atom. The number of halogens is 1. The van der Waals surface area contributed by atoms with Crippen LogP contribution in [0.25, 0.3) is 0 Å². The summed E-state index contributed by atoms with van der Waals surface area (Å²) < 4.78 is 20.0. The van der Waals surface area contributed by atoms with E-state index < -0.39 is 5.82 Å². The molecule has 1 aromatic carbocycles. The molecule has 2 aliphatic rings. The van der Waals surface area contributed by atoms with Crippen LogP contribution in [0.4, 0.5) is 10.1 Å². The zero-order valence-electron chi connectivity index (χ0n) is 14.5. The average molecular weight is 334 g/mol. The molecule has 2 heterocycles. The molecule has 24 heavy (non-hydrogen) atoms. The summed E-state index contributed by atoms with van der Waals surface area (Å²) in [6, 6.07) is 4.85. The van der Waals surface area contributed by atoms with E-state index in [-0.39, 0.29) is 17.5 Å².